The van der Waals surface area contributed by atoms with E-state index in [0.29, 0.717) is 45.1 Å². The Hall–Kier alpha value is -4.03. The van der Waals surface area contributed by atoms with Gasteiger partial charge >= 0.3 is 18.3 Å². The molecule has 0 bridgehead atoms. The van der Waals surface area contributed by atoms with E-state index in [9.17, 15) is 24.0 Å². The third kappa shape index (κ3) is 18.5. The van der Waals surface area contributed by atoms with E-state index in [2.05, 4.69) is 10.6 Å². The molecule has 0 aliphatic heterocycles. The SMILES string of the molecule is CC(=O)N(C)CCNC(=O)OCCCCCCCCCCOC(=O)Nc1ccc(COC(=O)N(C)CCN(C)C(C)=O)cc1. The molecule has 13 nitrogen and oxygen atoms in total. The first-order valence-electron chi connectivity index (χ1n) is 15.2. The van der Waals surface area contributed by atoms with Crippen LogP contribution in [0.15, 0.2) is 24.3 Å². The molecule has 0 aliphatic rings. The van der Waals surface area contributed by atoms with Crippen molar-refractivity contribution in [3.8, 4) is 0 Å². The highest BCUT2D eigenvalue weighted by molar-refractivity contribution is 5.84. The molecule has 1 aromatic carbocycles. The lowest BCUT2D eigenvalue weighted by atomic mass is 10.1. The Morgan fingerprint density at radius 1 is 0.614 bits per heavy atom. The average molecular weight is 622 g/mol. The topological polar surface area (TPSA) is 147 Å². The zero-order chi connectivity index (χ0) is 32.7. The molecule has 0 aliphatic carbocycles. The molecule has 0 radical (unpaired) electrons. The number of likely N-dealkylation sites (N-methyl/N-ethyl adjacent to an activating group) is 3. The number of amides is 5. The molecule has 0 heterocycles. The Morgan fingerprint density at radius 3 is 1.64 bits per heavy atom. The summed E-state index contributed by atoms with van der Waals surface area (Å²) in [6.45, 7) is 5.37. The number of benzene rings is 1. The predicted octanol–water partition coefficient (Wildman–Crippen LogP) is 4.61. The summed E-state index contributed by atoms with van der Waals surface area (Å²) in [5.74, 6) is -0.116. The highest BCUT2D eigenvalue weighted by atomic mass is 16.6. The van der Waals surface area contributed by atoms with E-state index in [1.165, 1.54) is 28.5 Å². The van der Waals surface area contributed by atoms with E-state index >= 15 is 0 Å². The number of carbonyl (C=O) groups excluding carboxylic acids is 5. The number of carbonyl (C=O) groups is 5. The fourth-order valence-corrected chi connectivity index (χ4v) is 3.77. The van der Waals surface area contributed by atoms with Crippen LogP contribution in [0.2, 0.25) is 0 Å². The monoisotopic (exact) mass is 621 g/mol. The number of rotatable bonds is 20. The van der Waals surface area contributed by atoms with Gasteiger partial charge in [-0.2, -0.15) is 0 Å². The van der Waals surface area contributed by atoms with Crippen LogP contribution in [-0.2, 0) is 30.4 Å². The summed E-state index contributed by atoms with van der Waals surface area (Å²) in [6, 6.07) is 6.95. The number of hydrogen-bond donors (Lipinski definition) is 2. The molecule has 5 amide bonds. The maximum atomic E-state index is 12.1. The van der Waals surface area contributed by atoms with Crippen LogP contribution >= 0.6 is 0 Å². The molecule has 1 aromatic rings. The molecule has 13 heteroatoms. The van der Waals surface area contributed by atoms with Gasteiger partial charge in [0.2, 0.25) is 11.8 Å². The third-order valence-electron chi connectivity index (χ3n) is 6.94. The van der Waals surface area contributed by atoms with Crippen molar-refractivity contribution in [1.82, 2.24) is 20.0 Å². The number of anilines is 1. The fourth-order valence-electron chi connectivity index (χ4n) is 3.77. The quantitative estimate of drug-likeness (QED) is 0.159. The van der Waals surface area contributed by atoms with Gasteiger partial charge in [-0.15, -0.1) is 0 Å². The van der Waals surface area contributed by atoms with E-state index in [1.54, 1.807) is 45.4 Å². The van der Waals surface area contributed by atoms with Crippen LogP contribution < -0.4 is 10.6 Å². The second-order valence-corrected chi connectivity index (χ2v) is 10.7. The average Bonchev–Trinajstić information content (AvgIpc) is 2.99. The fraction of sp³-hybridized carbons (Fsp3) is 0.645. The number of unbranched alkanes of at least 4 members (excludes halogenated alkanes) is 7. The second-order valence-electron chi connectivity index (χ2n) is 10.7. The molecule has 0 atom stereocenters. The van der Waals surface area contributed by atoms with Crippen LogP contribution in [0.25, 0.3) is 0 Å². The molecular weight excluding hydrogens is 570 g/mol. The Balaban J connectivity index is 2.02. The molecule has 0 aromatic heterocycles. The van der Waals surface area contributed by atoms with Crippen LogP contribution in [-0.4, -0.2) is 105 Å². The van der Waals surface area contributed by atoms with Crippen LogP contribution in [0, 0.1) is 0 Å². The van der Waals surface area contributed by atoms with E-state index < -0.39 is 18.3 Å². The summed E-state index contributed by atoms with van der Waals surface area (Å²) in [5, 5.41) is 5.32. The van der Waals surface area contributed by atoms with Crippen LogP contribution in [0.4, 0.5) is 20.1 Å². The van der Waals surface area contributed by atoms with Gasteiger partial charge < -0.3 is 34.2 Å². The lowest BCUT2D eigenvalue weighted by molar-refractivity contribution is -0.128. The molecule has 248 valence electrons. The zero-order valence-corrected chi connectivity index (χ0v) is 27.0. The van der Waals surface area contributed by atoms with Crippen molar-refractivity contribution in [3.63, 3.8) is 0 Å². The van der Waals surface area contributed by atoms with Crippen LogP contribution in [0.3, 0.4) is 0 Å². The van der Waals surface area contributed by atoms with Gasteiger partial charge in [0.05, 0.1) is 13.2 Å². The Kier molecular flexibility index (Phi) is 19.4. The Labute approximate surface area is 261 Å². The first-order valence-corrected chi connectivity index (χ1v) is 15.2. The normalized spacial score (nSPS) is 10.4. The van der Waals surface area contributed by atoms with E-state index in [-0.39, 0.29) is 18.4 Å². The van der Waals surface area contributed by atoms with E-state index in [0.717, 1.165) is 56.9 Å². The van der Waals surface area contributed by atoms with Crippen molar-refractivity contribution < 1.29 is 38.2 Å². The number of nitrogens with one attached hydrogen (secondary N) is 2. The molecule has 0 unspecified atom stereocenters. The van der Waals surface area contributed by atoms with Crippen LogP contribution in [0.5, 0.6) is 0 Å². The van der Waals surface area contributed by atoms with Crippen LogP contribution in [0.1, 0.15) is 70.8 Å². The summed E-state index contributed by atoms with van der Waals surface area (Å²) in [7, 11) is 4.97. The van der Waals surface area contributed by atoms with Gasteiger partial charge in [-0.1, -0.05) is 50.7 Å². The smallest absolute Gasteiger partial charge is 0.411 e. The van der Waals surface area contributed by atoms with Gasteiger partial charge in [0, 0.05) is 66.9 Å². The second kappa shape index (κ2) is 22.5. The standard InChI is InChI=1S/C31H51N5O8/c1-25(37)34(3)19-18-32-29(39)42-22-12-10-8-6-7-9-11-13-23-43-30(40)33-28-16-14-27(15-17-28)24-44-31(41)36(5)21-20-35(4)26(2)38/h14-17H,6-13,18-24H2,1-5H3,(H,32,39)(H,33,40). The van der Waals surface area contributed by atoms with E-state index in [4.69, 9.17) is 14.2 Å². The van der Waals surface area contributed by atoms with Crippen molar-refractivity contribution in [2.24, 2.45) is 0 Å². The lowest BCUT2D eigenvalue weighted by Crippen LogP contribution is -2.36. The third-order valence-corrected chi connectivity index (χ3v) is 6.94. The first-order chi connectivity index (χ1) is 21.0. The lowest BCUT2D eigenvalue weighted by Gasteiger charge is -2.21. The predicted molar refractivity (Wildman–Crippen MR) is 167 cm³/mol. The van der Waals surface area contributed by atoms with Gasteiger partial charge in [-0.05, 0) is 30.5 Å². The van der Waals surface area contributed by atoms with Gasteiger partial charge in [0.25, 0.3) is 0 Å². The molecule has 0 saturated heterocycles. The molecule has 0 saturated carbocycles. The number of alkyl carbamates (subject to hydrolysis) is 1. The molecule has 2 N–H and O–H groups in total. The van der Waals surface area contributed by atoms with Crippen molar-refractivity contribution in [2.75, 3.05) is 65.9 Å². The van der Waals surface area contributed by atoms with Gasteiger partial charge in [-0.25, -0.2) is 14.4 Å². The molecular formula is C31H51N5O8. The minimum absolute atomic E-state index is 0.0476. The maximum Gasteiger partial charge on any atom is 0.411 e. The minimum atomic E-state index is -0.513. The van der Waals surface area contributed by atoms with E-state index in [1.807, 2.05) is 0 Å². The molecule has 44 heavy (non-hydrogen) atoms. The van der Waals surface area contributed by atoms with Crippen molar-refractivity contribution in [3.05, 3.63) is 29.8 Å². The van der Waals surface area contributed by atoms with Crippen molar-refractivity contribution in [2.45, 2.75) is 71.8 Å². The van der Waals surface area contributed by atoms with Gasteiger partial charge in [-0.3, -0.25) is 14.9 Å². The summed E-state index contributed by atoms with van der Waals surface area (Å²) in [5.41, 5.74) is 1.35. The summed E-state index contributed by atoms with van der Waals surface area (Å²) in [6.07, 6.45) is 6.49. The van der Waals surface area contributed by atoms with Crippen molar-refractivity contribution in [1.29, 1.82) is 0 Å². The number of ether oxygens (including phenoxy) is 3. The van der Waals surface area contributed by atoms with Gasteiger partial charge in [0.15, 0.2) is 0 Å². The molecule has 0 fully saturated rings. The largest absolute Gasteiger partial charge is 0.450 e. The first kappa shape index (κ1) is 38.0. The van der Waals surface area contributed by atoms with Gasteiger partial charge in [0.1, 0.15) is 6.61 Å². The highest BCUT2D eigenvalue weighted by Gasteiger charge is 2.12. The number of hydrogen-bond acceptors (Lipinski definition) is 8. The van der Waals surface area contributed by atoms with Crippen molar-refractivity contribution >= 4 is 35.8 Å². The Morgan fingerprint density at radius 2 is 1.09 bits per heavy atom. The summed E-state index contributed by atoms with van der Waals surface area (Å²) < 4.78 is 15.7. The molecule has 1 rings (SSSR count). The zero-order valence-electron chi connectivity index (χ0n) is 27.0. The highest BCUT2D eigenvalue weighted by Crippen LogP contribution is 2.12. The summed E-state index contributed by atoms with van der Waals surface area (Å²) in [4.78, 5) is 62.6. The minimum Gasteiger partial charge on any atom is -0.450 e. The summed E-state index contributed by atoms with van der Waals surface area (Å²) >= 11 is 0. The maximum absolute atomic E-state index is 12.1. The molecule has 0 spiro atoms. The Bertz CT molecular complexity index is 1020. The number of nitrogens with zero attached hydrogens (tertiary/aromatic N) is 3.